The Hall–Kier alpha value is -2.42. The third-order valence-electron chi connectivity index (χ3n) is 1.64. The zero-order valence-electron chi connectivity index (χ0n) is 7.12. The number of hydrogen-bond acceptors (Lipinski definition) is 5. The molecule has 0 aliphatic carbocycles. The summed E-state index contributed by atoms with van der Waals surface area (Å²) in [6.07, 6.45) is 3.02. The summed E-state index contributed by atoms with van der Waals surface area (Å²) in [4.78, 5) is 7.66. The highest BCUT2D eigenvalue weighted by atomic mass is 15.4. The Bertz CT molecular complexity index is 477. The van der Waals surface area contributed by atoms with Crippen molar-refractivity contribution in [3.63, 3.8) is 0 Å². The average Bonchev–Trinajstić information content (AvgIpc) is 2.65. The molecular weight excluding hydrogens is 180 g/mol. The molecule has 0 bridgehead atoms. The summed E-state index contributed by atoms with van der Waals surface area (Å²) in [6, 6.07) is 5.26. The Morgan fingerprint density at radius 1 is 1.36 bits per heavy atom. The van der Waals surface area contributed by atoms with Crippen molar-refractivity contribution < 1.29 is 0 Å². The molecule has 2 heterocycles. The van der Waals surface area contributed by atoms with Crippen molar-refractivity contribution >= 4 is 5.95 Å². The summed E-state index contributed by atoms with van der Waals surface area (Å²) in [5.41, 5.74) is 6.43. The molecular formula is C8H6N6. The lowest BCUT2D eigenvalue weighted by Crippen LogP contribution is -1.97. The fourth-order valence-electron chi connectivity index (χ4n) is 0.988. The van der Waals surface area contributed by atoms with Gasteiger partial charge in [0, 0.05) is 0 Å². The molecule has 0 aliphatic rings. The molecule has 0 fully saturated rings. The first kappa shape index (κ1) is 8.19. The molecule has 2 rings (SSSR count). The number of nitrogen functional groups attached to an aromatic ring is 1. The second-order valence-corrected chi connectivity index (χ2v) is 2.56. The summed E-state index contributed by atoms with van der Waals surface area (Å²) < 4.78 is 1.49. The first-order chi connectivity index (χ1) is 6.79. The second-order valence-electron chi connectivity index (χ2n) is 2.56. The van der Waals surface area contributed by atoms with Gasteiger partial charge in [0.15, 0.2) is 0 Å². The maximum atomic E-state index is 8.54. The van der Waals surface area contributed by atoms with Gasteiger partial charge in [-0.25, -0.2) is 14.6 Å². The number of anilines is 1. The van der Waals surface area contributed by atoms with Crippen LogP contribution in [-0.2, 0) is 0 Å². The molecule has 14 heavy (non-hydrogen) atoms. The van der Waals surface area contributed by atoms with E-state index in [0.29, 0.717) is 11.4 Å². The summed E-state index contributed by atoms with van der Waals surface area (Å²) in [5, 5.41) is 12.4. The van der Waals surface area contributed by atoms with E-state index in [1.807, 2.05) is 6.07 Å². The Labute approximate surface area is 79.6 Å². The van der Waals surface area contributed by atoms with Crippen LogP contribution in [0.25, 0.3) is 5.69 Å². The molecule has 0 aromatic carbocycles. The van der Waals surface area contributed by atoms with Crippen LogP contribution >= 0.6 is 0 Å². The van der Waals surface area contributed by atoms with Crippen molar-refractivity contribution in [3.8, 4) is 11.8 Å². The molecule has 68 valence electrons. The Kier molecular flexibility index (Phi) is 1.84. The minimum absolute atomic E-state index is 0.203. The molecule has 0 atom stereocenters. The largest absolute Gasteiger partial charge is 0.366 e. The third-order valence-corrected chi connectivity index (χ3v) is 1.64. The van der Waals surface area contributed by atoms with Crippen molar-refractivity contribution in [2.75, 3.05) is 5.73 Å². The van der Waals surface area contributed by atoms with Crippen molar-refractivity contribution in [2.24, 2.45) is 0 Å². The molecule has 6 heteroatoms. The molecule has 0 spiro atoms. The molecule has 2 aromatic heterocycles. The van der Waals surface area contributed by atoms with E-state index in [0.717, 1.165) is 0 Å². The molecule has 2 aromatic rings. The predicted molar refractivity (Wildman–Crippen MR) is 48.3 cm³/mol. The smallest absolute Gasteiger partial charge is 0.239 e. The highest BCUT2D eigenvalue weighted by Crippen LogP contribution is 2.05. The monoisotopic (exact) mass is 186 g/mol. The molecule has 0 unspecified atom stereocenters. The number of nitriles is 1. The summed E-state index contributed by atoms with van der Waals surface area (Å²) in [5.74, 6) is 0.203. The van der Waals surface area contributed by atoms with Crippen LogP contribution < -0.4 is 5.73 Å². The van der Waals surface area contributed by atoms with E-state index in [1.54, 1.807) is 12.1 Å². The standard InChI is InChI=1S/C8H6N6/c9-3-6-1-2-7(4-11-6)14-5-12-8(10)13-14/h1-2,4-5H,(H2,10,13). The van der Waals surface area contributed by atoms with Gasteiger partial charge in [0.05, 0.1) is 11.9 Å². The van der Waals surface area contributed by atoms with Gasteiger partial charge in [-0.15, -0.1) is 5.10 Å². The molecule has 0 saturated carbocycles. The summed E-state index contributed by atoms with van der Waals surface area (Å²) >= 11 is 0. The Morgan fingerprint density at radius 3 is 2.71 bits per heavy atom. The van der Waals surface area contributed by atoms with Gasteiger partial charge in [0.2, 0.25) is 5.95 Å². The fraction of sp³-hybridized carbons (Fsp3) is 0. The van der Waals surface area contributed by atoms with Gasteiger partial charge in [0.1, 0.15) is 18.1 Å². The van der Waals surface area contributed by atoms with E-state index in [4.69, 9.17) is 11.0 Å². The van der Waals surface area contributed by atoms with E-state index in [2.05, 4.69) is 15.1 Å². The lowest BCUT2D eigenvalue weighted by atomic mass is 10.3. The number of pyridine rings is 1. The van der Waals surface area contributed by atoms with Crippen molar-refractivity contribution in [1.82, 2.24) is 19.7 Å². The summed E-state index contributed by atoms with van der Waals surface area (Å²) in [6.45, 7) is 0. The number of aromatic nitrogens is 4. The van der Waals surface area contributed by atoms with E-state index in [-0.39, 0.29) is 5.95 Å². The minimum Gasteiger partial charge on any atom is -0.366 e. The van der Waals surface area contributed by atoms with Gasteiger partial charge < -0.3 is 5.73 Å². The maximum Gasteiger partial charge on any atom is 0.239 e. The van der Waals surface area contributed by atoms with Gasteiger partial charge in [-0.3, -0.25) is 0 Å². The SMILES string of the molecule is N#Cc1ccc(-n2cnc(N)n2)cn1. The first-order valence-corrected chi connectivity index (χ1v) is 3.83. The van der Waals surface area contributed by atoms with Crippen LogP contribution in [0.4, 0.5) is 5.95 Å². The lowest BCUT2D eigenvalue weighted by molar-refractivity contribution is 0.875. The van der Waals surface area contributed by atoms with Crippen molar-refractivity contribution in [2.45, 2.75) is 0 Å². The molecule has 6 nitrogen and oxygen atoms in total. The topological polar surface area (TPSA) is 93.4 Å². The first-order valence-electron chi connectivity index (χ1n) is 3.83. The van der Waals surface area contributed by atoms with Gasteiger partial charge in [0.25, 0.3) is 0 Å². The zero-order valence-corrected chi connectivity index (χ0v) is 7.12. The van der Waals surface area contributed by atoms with E-state index < -0.39 is 0 Å². The highest BCUT2D eigenvalue weighted by Gasteiger charge is 1.99. The second kappa shape index (κ2) is 3.14. The lowest BCUT2D eigenvalue weighted by Gasteiger charge is -1.97. The maximum absolute atomic E-state index is 8.54. The normalized spacial score (nSPS) is 9.64. The highest BCUT2D eigenvalue weighted by molar-refractivity contribution is 5.32. The van der Waals surface area contributed by atoms with Crippen LogP contribution in [0.15, 0.2) is 24.7 Å². The minimum atomic E-state index is 0.203. The quantitative estimate of drug-likeness (QED) is 0.682. The predicted octanol–water partition coefficient (Wildman–Crippen LogP) is 0.116. The van der Waals surface area contributed by atoms with E-state index >= 15 is 0 Å². The van der Waals surface area contributed by atoms with Crippen LogP contribution in [0.5, 0.6) is 0 Å². The van der Waals surface area contributed by atoms with Gasteiger partial charge in [-0.1, -0.05) is 0 Å². The van der Waals surface area contributed by atoms with Crippen LogP contribution in [0, 0.1) is 11.3 Å². The van der Waals surface area contributed by atoms with Crippen molar-refractivity contribution in [3.05, 3.63) is 30.4 Å². The number of nitrogens with two attached hydrogens (primary N) is 1. The zero-order chi connectivity index (χ0) is 9.97. The van der Waals surface area contributed by atoms with Crippen LogP contribution in [0.1, 0.15) is 5.69 Å². The fourth-order valence-corrected chi connectivity index (χ4v) is 0.988. The van der Waals surface area contributed by atoms with Gasteiger partial charge in [-0.2, -0.15) is 5.26 Å². The molecule has 0 amide bonds. The Balaban J connectivity index is 2.39. The van der Waals surface area contributed by atoms with Gasteiger partial charge in [-0.05, 0) is 12.1 Å². The van der Waals surface area contributed by atoms with Crippen molar-refractivity contribution in [1.29, 1.82) is 5.26 Å². The van der Waals surface area contributed by atoms with E-state index in [1.165, 1.54) is 17.2 Å². The van der Waals surface area contributed by atoms with Crippen LogP contribution in [0.3, 0.4) is 0 Å². The number of rotatable bonds is 1. The molecule has 2 N–H and O–H groups in total. The Morgan fingerprint density at radius 2 is 2.21 bits per heavy atom. The number of nitrogens with zero attached hydrogens (tertiary/aromatic N) is 5. The molecule has 0 radical (unpaired) electrons. The molecule has 0 saturated heterocycles. The van der Waals surface area contributed by atoms with Crippen LogP contribution in [-0.4, -0.2) is 19.7 Å². The van der Waals surface area contributed by atoms with Gasteiger partial charge >= 0.3 is 0 Å². The molecule has 0 aliphatic heterocycles. The summed E-state index contributed by atoms with van der Waals surface area (Å²) in [7, 11) is 0. The average molecular weight is 186 g/mol. The van der Waals surface area contributed by atoms with Crippen LogP contribution in [0.2, 0.25) is 0 Å². The van der Waals surface area contributed by atoms with E-state index in [9.17, 15) is 0 Å². The number of hydrogen-bond donors (Lipinski definition) is 1. The third kappa shape index (κ3) is 1.38.